The average Bonchev–Trinajstić information content (AvgIpc) is 2.07. The van der Waals surface area contributed by atoms with E-state index in [1.807, 2.05) is 24.6 Å². The Hall–Kier alpha value is -1.11. The normalized spacial score (nSPS) is 14.2. The van der Waals surface area contributed by atoms with E-state index in [4.69, 9.17) is 0 Å². The standard InChI is InChI=1S/C15H26N/c1-8-10-12-16(11-9-2)15(6,7)13-14(3,4)5/h8-12H,1-2,13H2,3-7H3/q+1/b12-10-,16-11+. The van der Waals surface area contributed by atoms with E-state index in [-0.39, 0.29) is 5.54 Å². The smallest absolute Gasteiger partial charge is 0.169 e. The van der Waals surface area contributed by atoms with Crippen molar-refractivity contribution in [2.45, 2.75) is 46.6 Å². The highest BCUT2D eigenvalue weighted by Gasteiger charge is 2.33. The Bertz CT molecular complexity index is 298. The zero-order valence-corrected chi connectivity index (χ0v) is 11.5. The lowest BCUT2D eigenvalue weighted by Crippen LogP contribution is -2.37. The van der Waals surface area contributed by atoms with Crippen LogP contribution >= 0.6 is 0 Å². The van der Waals surface area contributed by atoms with Crippen molar-refractivity contribution in [2.24, 2.45) is 5.41 Å². The topological polar surface area (TPSA) is 3.01 Å². The van der Waals surface area contributed by atoms with Crippen molar-refractivity contribution in [3.05, 3.63) is 37.6 Å². The van der Waals surface area contributed by atoms with Gasteiger partial charge < -0.3 is 0 Å². The van der Waals surface area contributed by atoms with Gasteiger partial charge in [-0.15, -0.1) is 0 Å². The van der Waals surface area contributed by atoms with Crippen molar-refractivity contribution in [2.75, 3.05) is 0 Å². The highest BCUT2D eigenvalue weighted by atomic mass is 15.1. The molecule has 16 heavy (non-hydrogen) atoms. The summed E-state index contributed by atoms with van der Waals surface area (Å²) >= 11 is 0. The van der Waals surface area contributed by atoms with Crippen LogP contribution in [0.5, 0.6) is 0 Å². The Morgan fingerprint density at radius 2 is 1.56 bits per heavy atom. The minimum absolute atomic E-state index is 0.0753. The quantitative estimate of drug-likeness (QED) is 0.371. The minimum Gasteiger partial charge on any atom is -0.200 e. The Kier molecular flexibility index (Phi) is 5.43. The monoisotopic (exact) mass is 220 g/mol. The van der Waals surface area contributed by atoms with E-state index < -0.39 is 0 Å². The van der Waals surface area contributed by atoms with E-state index in [0.717, 1.165) is 6.42 Å². The molecule has 0 aliphatic rings. The third kappa shape index (κ3) is 5.69. The van der Waals surface area contributed by atoms with E-state index in [2.05, 4.69) is 52.4 Å². The molecule has 0 N–H and O–H groups in total. The molecule has 0 saturated carbocycles. The van der Waals surface area contributed by atoms with Gasteiger partial charge in [-0.1, -0.05) is 40.0 Å². The fraction of sp³-hybridized carbons (Fsp3) is 0.533. The summed E-state index contributed by atoms with van der Waals surface area (Å²) < 4.78 is 2.19. The molecule has 0 aliphatic heterocycles. The average molecular weight is 220 g/mol. The fourth-order valence-electron chi connectivity index (χ4n) is 2.11. The van der Waals surface area contributed by atoms with Crippen LogP contribution in [0.4, 0.5) is 0 Å². The van der Waals surface area contributed by atoms with Crippen LogP contribution < -0.4 is 0 Å². The van der Waals surface area contributed by atoms with Crippen LogP contribution in [0, 0.1) is 5.41 Å². The van der Waals surface area contributed by atoms with E-state index in [0.29, 0.717) is 5.41 Å². The van der Waals surface area contributed by atoms with Crippen molar-refractivity contribution >= 4 is 6.21 Å². The van der Waals surface area contributed by atoms with Crippen molar-refractivity contribution in [3.63, 3.8) is 0 Å². The van der Waals surface area contributed by atoms with Crippen LogP contribution in [0.25, 0.3) is 0 Å². The highest BCUT2D eigenvalue weighted by Crippen LogP contribution is 2.29. The van der Waals surface area contributed by atoms with E-state index >= 15 is 0 Å². The summed E-state index contributed by atoms with van der Waals surface area (Å²) in [6, 6.07) is 0. The van der Waals surface area contributed by atoms with Crippen LogP contribution in [-0.4, -0.2) is 16.3 Å². The predicted octanol–water partition coefficient (Wildman–Crippen LogP) is 4.17. The first-order valence-corrected chi connectivity index (χ1v) is 5.76. The van der Waals surface area contributed by atoms with Crippen molar-refractivity contribution < 1.29 is 4.58 Å². The molecule has 90 valence electrons. The molecule has 0 atom stereocenters. The molecule has 0 radical (unpaired) electrons. The Morgan fingerprint density at radius 1 is 1.00 bits per heavy atom. The molecule has 0 unspecified atom stereocenters. The lowest BCUT2D eigenvalue weighted by atomic mass is 9.81. The molecule has 0 amide bonds. The maximum absolute atomic E-state index is 3.76. The molecular weight excluding hydrogens is 194 g/mol. The first-order valence-electron chi connectivity index (χ1n) is 5.76. The first-order chi connectivity index (χ1) is 7.23. The number of rotatable bonds is 5. The van der Waals surface area contributed by atoms with Gasteiger partial charge in [0.25, 0.3) is 0 Å². The summed E-state index contributed by atoms with van der Waals surface area (Å²) in [5.41, 5.74) is 0.380. The van der Waals surface area contributed by atoms with Crippen LogP contribution in [0.1, 0.15) is 41.0 Å². The van der Waals surface area contributed by atoms with Gasteiger partial charge in [0.1, 0.15) is 0 Å². The predicted molar refractivity (Wildman–Crippen MR) is 74.0 cm³/mol. The second-order valence-electron chi connectivity index (χ2n) is 5.92. The second-order valence-corrected chi connectivity index (χ2v) is 5.92. The molecule has 0 aliphatic carbocycles. The molecule has 1 heteroatoms. The van der Waals surface area contributed by atoms with E-state index in [1.54, 1.807) is 6.08 Å². The molecule has 0 aromatic heterocycles. The van der Waals surface area contributed by atoms with E-state index in [9.17, 15) is 0 Å². The third-order valence-corrected chi connectivity index (χ3v) is 2.31. The maximum atomic E-state index is 3.76. The first kappa shape index (κ1) is 14.9. The summed E-state index contributed by atoms with van der Waals surface area (Å²) in [6.07, 6.45) is 10.7. The van der Waals surface area contributed by atoms with Crippen LogP contribution in [0.3, 0.4) is 0 Å². The maximum Gasteiger partial charge on any atom is 0.169 e. The summed E-state index contributed by atoms with van der Waals surface area (Å²) in [4.78, 5) is 0. The van der Waals surface area contributed by atoms with Gasteiger partial charge in [-0.05, 0) is 11.5 Å². The number of nitrogens with zero attached hydrogens (tertiary/aromatic N) is 1. The van der Waals surface area contributed by atoms with Gasteiger partial charge >= 0.3 is 0 Å². The van der Waals surface area contributed by atoms with Crippen LogP contribution in [0.15, 0.2) is 37.6 Å². The van der Waals surface area contributed by atoms with Gasteiger partial charge in [0.15, 0.2) is 18.0 Å². The molecular formula is C15H26N+. The largest absolute Gasteiger partial charge is 0.200 e. The molecule has 0 spiro atoms. The van der Waals surface area contributed by atoms with Gasteiger partial charge in [-0.25, -0.2) is 4.58 Å². The summed E-state index contributed by atoms with van der Waals surface area (Å²) in [6.45, 7) is 18.7. The molecule has 0 heterocycles. The minimum atomic E-state index is 0.0753. The fourth-order valence-corrected chi connectivity index (χ4v) is 2.11. The Labute approximate surface area is 101 Å². The van der Waals surface area contributed by atoms with Gasteiger partial charge in [0.2, 0.25) is 0 Å². The lowest BCUT2D eigenvalue weighted by Gasteiger charge is -2.28. The molecule has 0 aromatic rings. The van der Waals surface area contributed by atoms with Crippen LogP contribution in [0.2, 0.25) is 0 Å². The number of allylic oxidation sites excluding steroid dienone is 3. The molecule has 0 saturated heterocycles. The van der Waals surface area contributed by atoms with Crippen molar-refractivity contribution in [1.82, 2.24) is 0 Å². The van der Waals surface area contributed by atoms with Crippen LogP contribution in [-0.2, 0) is 0 Å². The summed E-state index contributed by atoms with van der Waals surface area (Å²) in [5, 5.41) is 0. The second kappa shape index (κ2) is 5.83. The number of hydrogen-bond acceptors (Lipinski definition) is 0. The Balaban J connectivity index is 5.04. The lowest BCUT2D eigenvalue weighted by molar-refractivity contribution is -0.539. The molecule has 0 fully saturated rings. The van der Waals surface area contributed by atoms with Crippen molar-refractivity contribution in [1.29, 1.82) is 0 Å². The Morgan fingerprint density at radius 3 is 1.94 bits per heavy atom. The van der Waals surface area contributed by atoms with Gasteiger partial charge in [-0.2, -0.15) is 0 Å². The zero-order chi connectivity index (χ0) is 12.8. The molecule has 0 bridgehead atoms. The number of hydrogen-bond donors (Lipinski definition) is 0. The molecule has 1 nitrogen and oxygen atoms in total. The third-order valence-electron chi connectivity index (χ3n) is 2.31. The molecule has 0 rings (SSSR count). The van der Waals surface area contributed by atoms with Gasteiger partial charge in [0.05, 0.1) is 0 Å². The highest BCUT2D eigenvalue weighted by molar-refractivity contribution is 5.65. The van der Waals surface area contributed by atoms with Gasteiger partial charge in [-0.3, -0.25) is 0 Å². The summed E-state index contributed by atoms with van der Waals surface area (Å²) in [5.74, 6) is 0. The van der Waals surface area contributed by atoms with E-state index in [1.165, 1.54) is 0 Å². The summed E-state index contributed by atoms with van der Waals surface area (Å²) in [7, 11) is 0. The SMILES string of the molecule is C=C/C=C\[N+](=C/C=C)C(C)(C)CC(C)(C)C. The molecule has 0 aromatic carbocycles. The van der Waals surface area contributed by atoms with Crippen molar-refractivity contribution in [3.8, 4) is 0 Å². The van der Waals surface area contributed by atoms with Gasteiger partial charge in [0, 0.05) is 26.3 Å². The zero-order valence-electron chi connectivity index (χ0n) is 11.5.